The lowest BCUT2D eigenvalue weighted by atomic mass is 9.99. The lowest BCUT2D eigenvalue weighted by Gasteiger charge is -2.22. The van der Waals surface area contributed by atoms with Crippen molar-refractivity contribution in [3.8, 4) is 0 Å². The smallest absolute Gasteiger partial charge is 0.315 e. The zero-order valence-electron chi connectivity index (χ0n) is 9.50. The van der Waals surface area contributed by atoms with Crippen LogP contribution in [0.1, 0.15) is 12.5 Å². The van der Waals surface area contributed by atoms with Crippen LogP contribution in [0.4, 0.5) is 4.79 Å². The summed E-state index contributed by atoms with van der Waals surface area (Å²) in [4.78, 5) is 11.3. The van der Waals surface area contributed by atoms with Crippen molar-refractivity contribution in [2.75, 3.05) is 13.1 Å². The van der Waals surface area contributed by atoms with Gasteiger partial charge in [0.1, 0.15) is 5.60 Å². The highest BCUT2D eigenvalue weighted by Gasteiger charge is 2.23. The van der Waals surface area contributed by atoms with E-state index in [0.717, 1.165) is 5.56 Å². The van der Waals surface area contributed by atoms with Gasteiger partial charge in [0, 0.05) is 5.03 Å². The van der Waals surface area contributed by atoms with Gasteiger partial charge < -0.3 is 15.7 Å². The molecule has 94 valence electrons. The van der Waals surface area contributed by atoms with Crippen LogP contribution in [0.3, 0.4) is 0 Å². The molecular formula is C11H15ClN2O2S. The minimum absolute atomic E-state index is 0.129. The Hall–Kier alpha value is -1.04. The van der Waals surface area contributed by atoms with E-state index in [9.17, 15) is 9.90 Å². The van der Waals surface area contributed by atoms with Gasteiger partial charge in [0.25, 0.3) is 0 Å². The number of aliphatic hydroxyl groups is 1. The van der Waals surface area contributed by atoms with E-state index in [1.54, 1.807) is 6.92 Å². The molecule has 2 amide bonds. The fourth-order valence-electron chi connectivity index (χ4n) is 1.16. The van der Waals surface area contributed by atoms with Gasteiger partial charge in [-0.1, -0.05) is 18.2 Å². The molecule has 0 saturated carbocycles. The van der Waals surface area contributed by atoms with Crippen LogP contribution in [0, 0.1) is 0 Å². The second kappa shape index (κ2) is 6.05. The predicted molar refractivity (Wildman–Crippen MR) is 70.3 cm³/mol. The predicted octanol–water partition coefficient (Wildman–Crippen LogP) is 2.01. The third-order valence-electron chi connectivity index (χ3n) is 2.18. The second-order valence-corrected chi connectivity index (χ2v) is 5.15. The van der Waals surface area contributed by atoms with Gasteiger partial charge in [0.05, 0.1) is 13.1 Å². The standard InChI is InChI=1S/C11H15ClN2O2S/c1-8(12)5-13-10(15)14-7-11(2,16)9-3-4-17-6-9/h3-4,6,16H,1,5,7H2,2H3,(H2,13,14,15). The number of rotatable bonds is 5. The molecule has 0 saturated heterocycles. The molecule has 17 heavy (non-hydrogen) atoms. The van der Waals surface area contributed by atoms with E-state index in [2.05, 4.69) is 17.2 Å². The van der Waals surface area contributed by atoms with Crippen LogP contribution in [0.25, 0.3) is 0 Å². The molecule has 1 atom stereocenters. The summed E-state index contributed by atoms with van der Waals surface area (Å²) in [5.74, 6) is 0. The topological polar surface area (TPSA) is 61.4 Å². The maximum absolute atomic E-state index is 11.3. The summed E-state index contributed by atoms with van der Waals surface area (Å²) in [6, 6.07) is 1.44. The number of hydrogen-bond acceptors (Lipinski definition) is 3. The average molecular weight is 275 g/mol. The molecule has 3 N–H and O–H groups in total. The largest absolute Gasteiger partial charge is 0.384 e. The number of carbonyl (C=O) groups is 1. The molecular weight excluding hydrogens is 260 g/mol. The molecule has 1 heterocycles. The van der Waals surface area contributed by atoms with Crippen LogP contribution in [0.15, 0.2) is 28.4 Å². The maximum Gasteiger partial charge on any atom is 0.315 e. The van der Waals surface area contributed by atoms with Crippen LogP contribution in [0.5, 0.6) is 0 Å². The highest BCUT2D eigenvalue weighted by molar-refractivity contribution is 7.08. The second-order valence-electron chi connectivity index (χ2n) is 3.84. The average Bonchev–Trinajstić information content (AvgIpc) is 2.77. The van der Waals surface area contributed by atoms with E-state index in [0.29, 0.717) is 5.03 Å². The van der Waals surface area contributed by atoms with Gasteiger partial charge in [-0.2, -0.15) is 11.3 Å². The zero-order chi connectivity index (χ0) is 12.9. The normalized spacial score (nSPS) is 13.8. The van der Waals surface area contributed by atoms with E-state index in [1.807, 2.05) is 16.8 Å². The highest BCUT2D eigenvalue weighted by atomic mass is 35.5. The van der Waals surface area contributed by atoms with Gasteiger partial charge in [-0.3, -0.25) is 0 Å². The van der Waals surface area contributed by atoms with E-state index >= 15 is 0 Å². The number of carbonyl (C=O) groups excluding carboxylic acids is 1. The number of halogens is 1. The number of amides is 2. The van der Waals surface area contributed by atoms with Gasteiger partial charge in [-0.25, -0.2) is 4.79 Å². The van der Waals surface area contributed by atoms with Crippen molar-refractivity contribution in [2.45, 2.75) is 12.5 Å². The molecule has 1 aromatic heterocycles. The first-order chi connectivity index (χ1) is 7.92. The molecule has 0 radical (unpaired) electrons. The highest BCUT2D eigenvalue weighted by Crippen LogP contribution is 2.21. The van der Waals surface area contributed by atoms with Gasteiger partial charge in [0.15, 0.2) is 0 Å². The van der Waals surface area contributed by atoms with Gasteiger partial charge in [-0.15, -0.1) is 0 Å². The van der Waals surface area contributed by atoms with Crippen LogP contribution < -0.4 is 10.6 Å². The summed E-state index contributed by atoms with van der Waals surface area (Å²) in [7, 11) is 0. The van der Waals surface area contributed by atoms with Crippen molar-refractivity contribution >= 4 is 29.0 Å². The van der Waals surface area contributed by atoms with Crippen LogP contribution in [0.2, 0.25) is 0 Å². The summed E-state index contributed by atoms with van der Waals surface area (Å²) in [5.41, 5.74) is -0.292. The Kier molecular flexibility index (Phi) is 4.99. The molecule has 1 rings (SSSR count). The van der Waals surface area contributed by atoms with Crippen molar-refractivity contribution in [3.63, 3.8) is 0 Å². The monoisotopic (exact) mass is 274 g/mol. The first-order valence-corrected chi connectivity index (χ1v) is 6.34. The number of thiophene rings is 1. The number of hydrogen-bond donors (Lipinski definition) is 3. The molecule has 0 aromatic carbocycles. The summed E-state index contributed by atoms with van der Waals surface area (Å²) in [6.45, 7) is 5.43. The Morgan fingerprint density at radius 2 is 2.35 bits per heavy atom. The molecule has 1 unspecified atom stereocenters. The minimum Gasteiger partial charge on any atom is -0.384 e. The van der Waals surface area contributed by atoms with E-state index in [1.165, 1.54) is 11.3 Å². The summed E-state index contributed by atoms with van der Waals surface area (Å²) in [6.07, 6.45) is 0. The molecule has 1 aromatic rings. The Bertz CT molecular complexity index is 390. The van der Waals surface area contributed by atoms with Gasteiger partial charge >= 0.3 is 6.03 Å². The Morgan fingerprint density at radius 1 is 1.65 bits per heavy atom. The Morgan fingerprint density at radius 3 is 2.88 bits per heavy atom. The van der Waals surface area contributed by atoms with Crippen molar-refractivity contribution in [1.29, 1.82) is 0 Å². The van der Waals surface area contributed by atoms with Crippen molar-refractivity contribution in [2.24, 2.45) is 0 Å². The molecule has 6 heteroatoms. The van der Waals surface area contributed by atoms with Gasteiger partial charge in [-0.05, 0) is 29.3 Å². The third kappa shape index (κ3) is 4.77. The van der Waals surface area contributed by atoms with Crippen LogP contribution >= 0.6 is 22.9 Å². The van der Waals surface area contributed by atoms with Crippen LogP contribution in [-0.2, 0) is 5.60 Å². The lowest BCUT2D eigenvalue weighted by Crippen LogP contribution is -2.43. The lowest BCUT2D eigenvalue weighted by molar-refractivity contribution is 0.0599. The first-order valence-electron chi connectivity index (χ1n) is 5.02. The molecule has 0 aliphatic heterocycles. The van der Waals surface area contributed by atoms with E-state index in [-0.39, 0.29) is 19.1 Å². The maximum atomic E-state index is 11.3. The Balaban J connectivity index is 2.40. The van der Waals surface area contributed by atoms with Crippen molar-refractivity contribution in [3.05, 3.63) is 34.0 Å². The van der Waals surface area contributed by atoms with Crippen LogP contribution in [-0.4, -0.2) is 24.2 Å². The van der Waals surface area contributed by atoms with Crippen molar-refractivity contribution < 1.29 is 9.90 Å². The van der Waals surface area contributed by atoms with Crippen molar-refractivity contribution in [1.82, 2.24) is 10.6 Å². The van der Waals surface area contributed by atoms with Gasteiger partial charge in [0.2, 0.25) is 0 Å². The Labute approximate surface area is 109 Å². The summed E-state index contributed by atoms with van der Waals surface area (Å²) >= 11 is 7.01. The molecule has 0 spiro atoms. The molecule has 0 aliphatic rings. The molecule has 0 bridgehead atoms. The molecule has 0 fully saturated rings. The summed E-state index contributed by atoms with van der Waals surface area (Å²) in [5, 5.41) is 19.3. The first kappa shape index (κ1) is 14.0. The third-order valence-corrected chi connectivity index (χ3v) is 2.99. The number of urea groups is 1. The minimum atomic E-state index is -1.07. The SMILES string of the molecule is C=C(Cl)CNC(=O)NCC(C)(O)c1ccsc1. The quantitative estimate of drug-likeness (QED) is 0.769. The molecule has 0 aliphatic carbocycles. The van der Waals surface area contributed by atoms with E-state index in [4.69, 9.17) is 11.6 Å². The van der Waals surface area contributed by atoms with E-state index < -0.39 is 5.60 Å². The zero-order valence-corrected chi connectivity index (χ0v) is 11.1. The summed E-state index contributed by atoms with van der Waals surface area (Å²) < 4.78 is 0. The molecule has 4 nitrogen and oxygen atoms in total. The fourth-order valence-corrected chi connectivity index (χ4v) is 2.01. The number of nitrogens with one attached hydrogen (secondary N) is 2. The fraction of sp³-hybridized carbons (Fsp3) is 0.364.